The Morgan fingerprint density at radius 3 is 2.44 bits per heavy atom. The number of benzene rings is 1. The molecule has 0 radical (unpaired) electrons. The van der Waals surface area contributed by atoms with Gasteiger partial charge < -0.3 is 10.2 Å². The molecule has 25 heavy (non-hydrogen) atoms. The third-order valence-corrected chi connectivity index (χ3v) is 5.77. The largest absolute Gasteiger partial charge is 0.409 e. The molecule has 0 aromatic heterocycles. The number of nitrogens with one attached hydrogen (secondary N) is 2. The van der Waals surface area contributed by atoms with Gasteiger partial charge in [-0.15, -0.1) is 0 Å². The summed E-state index contributed by atoms with van der Waals surface area (Å²) < 4.78 is 56.5. The van der Waals surface area contributed by atoms with Crippen molar-refractivity contribution in [2.24, 2.45) is 5.41 Å². The van der Waals surface area contributed by atoms with Crippen LogP contribution in [0.2, 0.25) is 0 Å². The lowest BCUT2D eigenvalue weighted by molar-refractivity contribution is -0.195. The molecule has 1 atom stereocenters. The smallest absolute Gasteiger partial charge is 0.317 e. The zero-order valence-corrected chi connectivity index (χ0v) is 14.2. The summed E-state index contributed by atoms with van der Waals surface area (Å²) in [4.78, 5) is 13.8. The molecule has 1 aromatic carbocycles. The van der Waals surface area contributed by atoms with E-state index in [-0.39, 0.29) is 6.54 Å². The van der Waals surface area contributed by atoms with E-state index in [0.29, 0.717) is 37.2 Å². The molecule has 3 rings (SSSR count). The molecule has 0 bridgehead atoms. The van der Waals surface area contributed by atoms with Crippen molar-refractivity contribution in [1.29, 1.82) is 0 Å². The Balaban J connectivity index is 1.71. The standard InChI is InChI=1S/C16H19F4N3OS/c17-11-1-3-12(4-2-11)25-22-14(24)23-10-7-15(5-8-21-9-6-15)13(23)16(18,19)20/h1-4,13,21H,5-10H2,(H,22,24). The highest BCUT2D eigenvalue weighted by Gasteiger charge is 2.61. The number of carbonyl (C=O) groups is 1. The summed E-state index contributed by atoms with van der Waals surface area (Å²) in [5.74, 6) is -0.416. The maximum atomic E-state index is 13.7. The molecule has 2 saturated heterocycles. The first kappa shape index (κ1) is 18.3. The van der Waals surface area contributed by atoms with Crippen molar-refractivity contribution in [1.82, 2.24) is 14.9 Å². The van der Waals surface area contributed by atoms with Crippen molar-refractivity contribution < 1.29 is 22.4 Å². The van der Waals surface area contributed by atoms with Gasteiger partial charge in [-0.1, -0.05) is 0 Å². The Morgan fingerprint density at radius 2 is 1.84 bits per heavy atom. The molecule has 138 valence electrons. The maximum Gasteiger partial charge on any atom is 0.409 e. The van der Waals surface area contributed by atoms with Crippen LogP contribution in [0.15, 0.2) is 29.2 Å². The highest BCUT2D eigenvalue weighted by Crippen LogP contribution is 2.50. The lowest BCUT2D eigenvalue weighted by atomic mass is 9.72. The van der Waals surface area contributed by atoms with Gasteiger partial charge in [0, 0.05) is 16.9 Å². The summed E-state index contributed by atoms with van der Waals surface area (Å²) in [5, 5.41) is 3.08. The predicted molar refractivity (Wildman–Crippen MR) is 86.5 cm³/mol. The fourth-order valence-corrected chi connectivity index (χ4v) is 4.39. The molecule has 1 unspecified atom stereocenters. The Morgan fingerprint density at radius 1 is 1.20 bits per heavy atom. The van der Waals surface area contributed by atoms with E-state index in [4.69, 9.17) is 0 Å². The van der Waals surface area contributed by atoms with Crippen LogP contribution in [0.3, 0.4) is 0 Å². The third kappa shape index (κ3) is 3.87. The minimum atomic E-state index is -4.47. The summed E-state index contributed by atoms with van der Waals surface area (Å²) in [5.41, 5.74) is -0.901. The quantitative estimate of drug-likeness (QED) is 0.612. The van der Waals surface area contributed by atoms with Crippen molar-refractivity contribution in [3.63, 3.8) is 0 Å². The number of rotatable bonds is 2. The Kier molecular flexibility index (Phi) is 5.15. The van der Waals surface area contributed by atoms with Crippen molar-refractivity contribution in [3.05, 3.63) is 30.1 Å². The fraction of sp³-hybridized carbons (Fsp3) is 0.562. The fourth-order valence-electron chi connectivity index (χ4n) is 3.79. The van der Waals surface area contributed by atoms with Gasteiger partial charge in [-0.2, -0.15) is 13.2 Å². The second-order valence-corrected chi connectivity index (χ2v) is 7.34. The van der Waals surface area contributed by atoms with Crippen molar-refractivity contribution >= 4 is 18.0 Å². The van der Waals surface area contributed by atoms with Gasteiger partial charge in [0.15, 0.2) is 0 Å². The van der Waals surface area contributed by atoms with Crippen LogP contribution in [0, 0.1) is 11.2 Å². The summed E-state index contributed by atoms with van der Waals surface area (Å²) in [6.07, 6.45) is -3.29. The first-order chi connectivity index (χ1) is 11.8. The number of amides is 2. The van der Waals surface area contributed by atoms with Gasteiger partial charge in [0.05, 0.1) is 0 Å². The van der Waals surface area contributed by atoms with E-state index in [0.717, 1.165) is 16.8 Å². The number of likely N-dealkylation sites (tertiary alicyclic amines) is 1. The van der Waals surface area contributed by atoms with Crippen LogP contribution in [-0.2, 0) is 0 Å². The van der Waals surface area contributed by atoms with Gasteiger partial charge in [0.1, 0.15) is 11.9 Å². The molecule has 2 aliphatic rings. The first-order valence-corrected chi connectivity index (χ1v) is 8.90. The first-order valence-electron chi connectivity index (χ1n) is 8.08. The van der Waals surface area contributed by atoms with Crippen molar-refractivity contribution in [3.8, 4) is 0 Å². The van der Waals surface area contributed by atoms with Crippen LogP contribution in [0.5, 0.6) is 0 Å². The second-order valence-electron chi connectivity index (χ2n) is 6.46. The van der Waals surface area contributed by atoms with E-state index < -0.39 is 29.5 Å². The number of halogens is 4. The van der Waals surface area contributed by atoms with E-state index in [2.05, 4.69) is 10.0 Å². The van der Waals surface area contributed by atoms with Gasteiger partial charge in [-0.25, -0.2) is 9.18 Å². The molecule has 4 nitrogen and oxygen atoms in total. The van der Waals surface area contributed by atoms with Gasteiger partial charge in [-0.3, -0.25) is 4.72 Å². The predicted octanol–water partition coefficient (Wildman–Crippen LogP) is 3.55. The molecule has 1 aromatic rings. The molecule has 1 spiro atoms. The molecule has 2 heterocycles. The minimum absolute atomic E-state index is 0.0833. The van der Waals surface area contributed by atoms with E-state index in [1.807, 2.05) is 0 Å². The summed E-state index contributed by atoms with van der Waals surface area (Å²) in [7, 11) is 0. The van der Waals surface area contributed by atoms with Gasteiger partial charge >= 0.3 is 12.2 Å². The Hall–Kier alpha value is -1.48. The number of hydrogen-bond acceptors (Lipinski definition) is 3. The Labute approximate surface area is 147 Å². The topological polar surface area (TPSA) is 44.4 Å². The van der Waals surface area contributed by atoms with Gasteiger partial charge in [0.2, 0.25) is 0 Å². The summed E-state index contributed by atoms with van der Waals surface area (Å²) in [6, 6.07) is 2.85. The van der Waals surface area contributed by atoms with Crippen LogP contribution in [-0.4, -0.2) is 42.8 Å². The molecule has 0 aliphatic carbocycles. The average Bonchev–Trinajstić information content (AvgIpc) is 2.94. The van der Waals surface area contributed by atoms with E-state index in [1.165, 1.54) is 24.3 Å². The zero-order chi connectivity index (χ0) is 18.1. The highest BCUT2D eigenvalue weighted by molar-refractivity contribution is 7.98. The average molecular weight is 377 g/mol. The van der Waals surface area contributed by atoms with E-state index in [1.54, 1.807) is 0 Å². The molecule has 2 fully saturated rings. The van der Waals surface area contributed by atoms with Crippen LogP contribution in [0.25, 0.3) is 0 Å². The molecule has 2 N–H and O–H groups in total. The summed E-state index contributed by atoms with van der Waals surface area (Å²) in [6.45, 7) is 1.15. The SMILES string of the molecule is O=C(NSc1ccc(F)cc1)N1CCC2(CCNCC2)C1C(F)(F)F. The second kappa shape index (κ2) is 7.03. The minimum Gasteiger partial charge on any atom is -0.317 e. The van der Waals surface area contributed by atoms with E-state index >= 15 is 0 Å². The molecular formula is C16H19F4N3OS. The van der Waals surface area contributed by atoms with Crippen molar-refractivity contribution in [2.75, 3.05) is 19.6 Å². The van der Waals surface area contributed by atoms with Crippen LogP contribution >= 0.6 is 11.9 Å². The zero-order valence-electron chi connectivity index (χ0n) is 13.4. The number of hydrogen-bond donors (Lipinski definition) is 2. The van der Waals surface area contributed by atoms with Crippen LogP contribution < -0.4 is 10.0 Å². The normalized spacial score (nSPS) is 23.0. The van der Waals surface area contributed by atoms with Gasteiger partial charge in [0.25, 0.3) is 0 Å². The lowest BCUT2D eigenvalue weighted by Crippen LogP contribution is -2.56. The molecular weight excluding hydrogens is 358 g/mol. The molecule has 2 amide bonds. The number of urea groups is 1. The Bertz CT molecular complexity index is 617. The number of nitrogens with zero attached hydrogens (tertiary/aromatic N) is 1. The summed E-state index contributed by atoms with van der Waals surface area (Å²) >= 11 is 0.884. The molecule has 2 aliphatic heterocycles. The van der Waals surface area contributed by atoms with Crippen molar-refractivity contribution in [2.45, 2.75) is 36.4 Å². The number of alkyl halides is 3. The van der Waals surface area contributed by atoms with E-state index in [9.17, 15) is 22.4 Å². The van der Waals surface area contributed by atoms with Crippen LogP contribution in [0.4, 0.5) is 22.4 Å². The number of carbonyl (C=O) groups excluding carboxylic acids is 1. The van der Waals surface area contributed by atoms with Crippen LogP contribution in [0.1, 0.15) is 19.3 Å². The highest BCUT2D eigenvalue weighted by atomic mass is 32.2. The molecule has 0 saturated carbocycles. The monoisotopic (exact) mass is 377 g/mol. The maximum absolute atomic E-state index is 13.7. The lowest BCUT2D eigenvalue weighted by Gasteiger charge is -2.41. The number of piperidine rings is 1. The van der Waals surface area contributed by atoms with Gasteiger partial charge in [-0.05, 0) is 68.6 Å². The third-order valence-electron chi connectivity index (χ3n) is 4.98. The molecule has 9 heteroatoms.